The average molecular weight is 312 g/mol. The number of likely N-dealkylation sites (N-methyl/N-ethyl adjacent to an activating group) is 1. The monoisotopic (exact) mass is 312 g/mol. The Labute approximate surface area is 126 Å². The van der Waals surface area contributed by atoms with Crippen LogP contribution in [-0.4, -0.2) is 45.6 Å². The van der Waals surface area contributed by atoms with Crippen LogP contribution in [0.4, 0.5) is 5.69 Å². The molecule has 0 aliphatic carbocycles. The molecule has 0 atom stereocenters. The molecule has 8 heteroatoms. The lowest BCUT2D eigenvalue weighted by Crippen LogP contribution is -2.50. The highest BCUT2D eigenvalue weighted by Gasteiger charge is 2.37. The number of benzene rings is 1. The lowest BCUT2D eigenvalue weighted by atomic mass is 10.0. The van der Waals surface area contributed by atoms with E-state index in [0.717, 1.165) is 4.90 Å². The minimum atomic E-state index is -1.47. The van der Waals surface area contributed by atoms with E-state index >= 15 is 0 Å². The zero-order valence-electron chi connectivity index (χ0n) is 12.1. The summed E-state index contributed by atoms with van der Waals surface area (Å²) in [6.07, 6.45) is 1.78. The number of nitrogens with zero attached hydrogens (tertiary/aromatic N) is 2. The summed E-state index contributed by atoms with van der Waals surface area (Å²) in [5, 5.41) is 20.2. The summed E-state index contributed by atoms with van der Waals surface area (Å²) >= 11 is 1.34. The van der Waals surface area contributed by atoms with Gasteiger partial charge < -0.3 is 10.0 Å². The van der Waals surface area contributed by atoms with Crippen molar-refractivity contribution in [2.45, 2.75) is 24.3 Å². The van der Waals surface area contributed by atoms with Gasteiger partial charge >= 0.3 is 5.97 Å². The molecular weight excluding hydrogens is 296 g/mol. The van der Waals surface area contributed by atoms with Gasteiger partial charge in [0.1, 0.15) is 11.1 Å². The van der Waals surface area contributed by atoms with Crippen LogP contribution in [0.25, 0.3) is 0 Å². The van der Waals surface area contributed by atoms with Crippen LogP contribution >= 0.6 is 11.8 Å². The van der Waals surface area contributed by atoms with Crippen molar-refractivity contribution < 1.29 is 19.6 Å². The summed E-state index contributed by atoms with van der Waals surface area (Å²) in [5.74, 6) is -1.90. The maximum absolute atomic E-state index is 12.4. The van der Waals surface area contributed by atoms with E-state index in [1.54, 1.807) is 12.3 Å². The second-order valence-corrected chi connectivity index (χ2v) is 5.75. The fourth-order valence-electron chi connectivity index (χ4n) is 1.55. The first-order valence-corrected chi connectivity index (χ1v) is 7.19. The second-order valence-electron chi connectivity index (χ2n) is 4.87. The number of carboxylic acids is 1. The number of nitro benzene ring substituents is 1. The minimum absolute atomic E-state index is 0.122. The van der Waals surface area contributed by atoms with Gasteiger partial charge in [-0.3, -0.25) is 14.9 Å². The molecule has 1 amide bonds. The summed E-state index contributed by atoms with van der Waals surface area (Å²) in [6.45, 7) is 2.72. The van der Waals surface area contributed by atoms with E-state index in [4.69, 9.17) is 5.11 Å². The fraction of sp³-hybridized carbons (Fsp3) is 0.385. The van der Waals surface area contributed by atoms with Gasteiger partial charge in [0.05, 0.1) is 4.92 Å². The van der Waals surface area contributed by atoms with Crippen molar-refractivity contribution in [3.05, 3.63) is 33.9 Å². The Morgan fingerprint density at radius 3 is 2.38 bits per heavy atom. The molecule has 1 aromatic carbocycles. The molecule has 1 aromatic rings. The number of hydrogen-bond acceptors (Lipinski definition) is 5. The maximum Gasteiger partial charge on any atom is 0.329 e. The van der Waals surface area contributed by atoms with E-state index in [9.17, 15) is 19.7 Å². The van der Waals surface area contributed by atoms with Crippen LogP contribution in [0.15, 0.2) is 23.1 Å². The number of aliphatic carboxylic acids is 1. The van der Waals surface area contributed by atoms with Gasteiger partial charge in [-0.25, -0.2) is 4.79 Å². The molecule has 7 nitrogen and oxygen atoms in total. The Kier molecular flexibility index (Phi) is 4.95. The first-order chi connectivity index (χ1) is 9.62. The highest BCUT2D eigenvalue weighted by atomic mass is 32.2. The number of hydrogen-bond donors (Lipinski definition) is 1. The van der Waals surface area contributed by atoms with Crippen molar-refractivity contribution in [2.24, 2.45) is 0 Å². The minimum Gasteiger partial charge on any atom is -0.480 e. The highest BCUT2D eigenvalue weighted by Crippen LogP contribution is 2.27. The van der Waals surface area contributed by atoms with Gasteiger partial charge in [0.2, 0.25) is 0 Å². The molecule has 1 N–H and O–H groups in total. The average Bonchev–Trinajstić information content (AvgIpc) is 2.44. The van der Waals surface area contributed by atoms with Crippen molar-refractivity contribution in [2.75, 3.05) is 13.3 Å². The molecule has 1 rings (SSSR count). The standard InChI is InChI=1S/C13H16N2O5S/c1-13(2,12(17)18)14(3)11(16)9-7-8(21-4)5-6-10(9)15(19)20/h5-7H,1-4H3,(H,17,18). The van der Waals surface area contributed by atoms with Gasteiger partial charge in [0.25, 0.3) is 11.6 Å². The van der Waals surface area contributed by atoms with E-state index in [1.807, 2.05) is 0 Å². The van der Waals surface area contributed by atoms with E-state index in [2.05, 4.69) is 0 Å². The lowest BCUT2D eigenvalue weighted by molar-refractivity contribution is -0.385. The fourth-order valence-corrected chi connectivity index (χ4v) is 1.99. The molecule has 21 heavy (non-hydrogen) atoms. The van der Waals surface area contributed by atoms with Crippen molar-refractivity contribution in [1.29, 1.82) is 0 Å². The Balaban J connectivity index is 3.35. The molecule has 114 valence electrons. The van der Waals surface area contributed by atoms with E-state index in [-0.39, 0.29) is 11.3 Å². The molecule has 0 saturated carbocycles. The Morgan fingerprint density at radius 2 is 1.95 bits per heavy atom. The number of carbonyl (C=O) groups excluding carboxylic acids is 1. The number of thioether (sulfide) groups is 1. The molecular formula is C13H16N2O5S. The molecule has 0 aliphatic rings. The smallest absolute Gasteiger partial charge is 0.329 e. The van der Waals surface area contributed by atoms with Crippen LogP contribution in [0.5, 0.6) is 0 Å². The third kappa shape index (κ3) is 3.33. The van der Waals surface area contributed by atoms with E-state index in [0.29, 0.717) is 4.90 Å². The summed E-state index contributed by atoms with van der Waals surface area (Å²) < 4.78 is 0. The van der Waals surface area contributed by atoms with Gasteiger partial charge in [-0.1, -0.05) is 0 Å². The Bertz CT molecular complexity index is 600. The zero-order valence-corrected chi connectivity index (χ0v) is 12.9. The van der Waals surface area contributed by atoms with Gasteiger partial charge in [-0.05, 0) is 32.2 Å². The number of carboxylic acid groups (broad SMARTS) is 1. The maximum atomic E-state index is 12.4. The predicted molar refractivity (Wildman–Crippen MR) is 78.7 cm³/mol. The molecule has 0 heterocycles. The van der Waals surface area contributed by atoms with Gasteiger partial charge in [0.15, 0.2) is 0 Å². The largest absolute Gasteiger partial charge is 0.480 e. The zero-order chi connectivity index (χ0) is 16.4. The molecule has 0 fully saturated rings. The third-order valence-electron chi connectivity index (χ3n) is 3.30. The van der Waals surface area contributed by atoms with Crippen LogP contribution in [0.1, 0.15) is 24.2 Å². The summed E-state index contributed by atoms with van der Waals surface area (Å²) in [5.41, 5.74) is -1.94. The summed E-state index contributed by atoms with van der Waals surface area (Å²) in [6, 6.07) is 4.20. The van der Waals surface area contributed by atoms with E-state index in [1.165, 1.54) is 44.8 Å². The molecule has 0 unspecified atom stereocenters. The van der Waals surface area contributed by atoms with Gasteiger partial charge in [-0.15, -0.1) is 11.8 Å². The number of nitro groups is 1. The third-order valence-corrected chi connectivity index (χ3v) is 4.02. The molecule has 0 saturated heterocycles. The Hall–Kier alpha value is -2.09. The second kappa shape index (κ2) is 6.13. The normalized spacial score (nSPS) is 11.0. The molecule has 0 aromatic heterocycles. The molecule has 0 spiro atoms. The Morgan fingerprint density at radius 1 is 1.38 bits per heavy atom. The summed E-state index contributed by atoms with van der Waals surface area (Å²) in [4.78, 5) is 35.7. The molecule has 0 aliphatic heterocycles. The van der Waals surface area contributed by atoms with Gasteiger partial charge in [-0.2, -0.15) is 0 Å². The quantitative estimate of drug-likeness (QED) is 0.508. The topological polar surface area (TPSA) is 101 Å². The predicted octanol–water partition coefficient (Wildman–Crippen LogP) is 2.25. The molecule has 0 bridgehead atoms. The number of rotatable bonds is 5. The number of carbonyl (C=O) groups is 2. The highest BCUT2D eigenvalue weighted by molar-refractivity contribution is 7.98. The summed E-state index contributed by atoms with van der Waals surface area (Å²) in [7, 11) is 1.31. The van der Waals surface area contributed by atoms with Crippen molar-refractivity contribution >= 4 is 29.3 Å². The number of amides is 1. The SMILES string of the molecule is CSc1ccc([N+](=O)[O-])c(C(=O)N(C)C(C)(C)C(=O)O)c1. The lowest BCUT2D eigenvalue weighted by Gasteiger charge is -2.31. The first-order valence-electron chi connectivity index (χ1n) is 5.97. The van der Waals surface area contributed by atoms with Crippen LogP contribution in [0, 0.1) is 10.1 Å². The van der Waals surface area contributed by atoms with Gasteiger partial charge in [0, 0.05) is 18.0 Å². The first kappa shape index (κ1) is 17.0. The van der Waals surface area contributed by atoms with E-state index < -0.39 is 22.3 Å². The van der Waals surface area contributed by atoms with Crippen LogP contribution in [0.3, 0.4) is 0 Å². The van der Waals surface area contributed by atoms with Crippen LogP contribution in [-0.2, 0) is 4.79 Å². The molecule has 0 radical (unpaired) electrons. The van der Waals surface area contributed by atoms with Crippen LogP contribution in [0.2, 0.25) is 0 Å². The van der Waals surface area contributed by atoms with Crippen molar-refractivity contribution in [1.82, 2.24) is 4.90 Å². The van der Waals surface area contributed by atoms with Crippen molar-refractivity contribution in [3.8, 4) is 0 Å². The van der Waals surface area contributed by atoms with Crippen LogP contribution < -0.4 is 0 Å². The van der Waals surface area contributed by atoms with Crippen molar-refractivity contribution in [3.63, 3.8) is 0 Å².